The van der Waals surface area contributed by atoms with Gasteiger partial charge in [0.2, 0.25) is 0 Å². The zero-order valence-electron chi connectivity index (χ0n) is 14.7. The number of halogens is 2. The standard InChI is InChI=1S/C16H15F2N3O6S/c1-24-13-5-6-19-12(14(13)25-2)8-26-28(22,23)16-20-10-4-3-9(27-15(17)18)7-11(10)21-16/h3-7,15H,8H2,1-2H3,(H,20,21). The minimum Gasteiger partial charge on any atom is -0.493 e. The van der Waals surface area contributed by atoms with E-state index in [0.717, 1.165) is 0 Å². The molecule has 0 unspecified atom stereocenters. The highest BCUT2D eigenvalue weighted by Crippen LogP contribution is 2.30. The zero-order chi connectivity index (χ0) is 20.3. The molecule has 1 aromatic carbocycles. The molecule has 2 heterocycles. The number of nitrogens with one attached hydrogen (secondary N) is 1. The van der Waals surface area contributed by atoms with Crippen LogP contribution < -0.4 is 14.2 Å². The first-order chi connectivity index (χ1) is 13.3. The summed E-state index contributed by atoms with van der Waals surface area (Å²) in [7, 11) is -1.48. The quantitative estimate of drug-likeness (QED) is 0.559. The van der Waals surface area contributed by atoms with Crippen LogP contribution in [0.1, 0.15) is 5.69 Å². The van der Waals surface area contributed by atoms with Crippen LogP contribution in [0.25, 0.3) is 11.0 Å². The Morgan fingerprint density at radius 2 is 1.96 bits per heavy atom. The van der Waals surface area contributed by atoms with E-state index in [9.17, 15) is 17.2 Å². The molecule has 150 valence electrons. The van der Waals surface area contributed by atoms with E-state index in [0.29, 0.717) is 11.3 Å². The van der Waals surface area contributed by atoms with Crippen LogP contribution in [0.5, 0.6) is 17.2 Å². The van der Waals surface area contributed by atoms with Gasteiger partial charge in [0.1, 0.15) is 18.1 Å². The Kier molecular flexibility index (Phi) is 5.61. The molecule has 12 heteroatoms. The third-order valence-electron chi connectivity index (χ3n) is 3.61. The molecular weight excluding hydrogens is 400 g/mol. The number of imidazole rings is 1. The van der Waals surface area contributed by atoms with Crippen molar-refractivity contribution in [3.05, 3.63) is 36.2 Å². The molecule has 0 aliphatic rings. The number of fused-ring (bicyclic) bond motifs is 1. The summed E-state index contributed by atoms with van der Waals surface area (Å²) in [6, 6.07) is 5.36. The van der Waals surface area contributed by atoms with Crippen LogP contribution in [0.4, 0.5) is 8.78 Å². The van der Waals surface area contributed by atoms with E-state index in [1.165, 1.54) is 38.6 Å². The van der Waals surface area contributed by atoms with Crippen LogP contribution in [0.3, 0.4) is 0 Å². The Bertz CT molecular complexity index is 1090. The van der Waals surface area contributed by atoms with Crippen molar-refractivity contribution in [2.45, 2.75) is 18.4 Å². The maximum Gasteiger partial charge on any atom is 0.387 e. The highest BCUT2D eigenvalue weighted by molar-refractivity contribution is 7.86. The summed E-state index contributed by atoms with van der Waals surface area (Å²) < 4.78 is 69.0. The number of hydrogen-bond acceptors (Lipinski definition) is 8. The van der Waals surface area contributed by atoms with Gasteiger partial charge in [-0.15, -0.1) is 0 Å². The monoisotopic (exact) mass is 415 g/mol. The van der Waals surface area contributed by atoms with Crippen molar-refractivity contribution < 1.29 is 35.6 Å². The van der Waals surface area contributed by atoms with Crippen LogP contribution in [-0.4, -0.2) is 44.2 Å². The Balaban J connectivity index is 1.83. The van der Waals surface area contributed by atoms with E-state index in [1.807, 2.05) is 0 Å². The van der Waals surface area contributed by atoms with Gasteiger partial charge in [0.05, 0.1) is 25.3 Å². The first kappa shape index (κ1) is 19.8. The summed E-state index contributed by atoms with van der Waals surface area (Å²) >= 11 is 0. The van der Waals surface area contributed by atoms with E-state index in [4.69, 9.17) is 13.7 Å². The molecular formula is C16H15F2N3O6S. The number of aromatic nitrogens is 3. The number of pyridine rings is 1. The first-order valence-electron chi connectivity index (χ1n) is 7.74. The predicted octanol–water partition coefficient (Wildman–Crippen LogP) is 2.48. The molecule has 2 aromatic heterocycles. The molecule has 1 N–H and O–H groups in total. The van der Waals surface area contributed by atoms with Crippen molar-refractivity contribution in [3.8, 4) is 17.2 Å². The summed E-state index contributed by atoms with van der Waals surface area (Å²) in [5.41, 5.74) is 0.632. The molecule has 0 radical (unpaired) electrons. The summed E-state index contributed by atoms with van der Waals surface area (Å²) in [6.45, 7) is -3.44. The first-order valence-corrected chi connectivity index (χ1v) is 9.14. The van der Waals surface area contributed by atoms with Gasteiger partial charge < -0.3 is 19.2 Å². The van der Waals surface area contributed by atoms with E-state index >= 15 is 0 Å². The van der Waals surface area contributed by atoms with Crippen LogP contribution >= 0.6 is 0 Å². The second-order valence-corrected chi connectivity index (χ2v) is 6.84. The third-order valence-corrected chi connectivity index (χ3v) is 4.71. The molecule has 28 heavy (non-hydrogen) atoms. The van der Waals surface area contributed by atoms with Gasteiger partial charge >= 0.3 is 16.7 Å². The smallest absolute Gasteiger partial charge is 0.387 e. The molecule has 3 aromatic rings. The molecule has 0 saturated carbocycles. The van der Waals surface area contributed by atoms with E-state index in [-0.39, 0.29) is 22.7 Å². The fourth-order valence-corrected chi connectivity index (χ4v) is 3.22. The topological polar surface area (TPSA) is 113 Å². The number of H-pyrrole nitrogens is 1. The van der Waals surface area contributed by atoms with Gasteiger partial charge in [0.15, 0.2) is 11.5 Å². The molecule has 0 fully saturated rings. The molecule has 0 saturated heterocycles. The van der Waals surface area contributed by atoms with Gasteiger partial charge in [0.25, 0.3) is 5.16 Å². The highest BCUT2D eigenvalue weighted by atomic mass is 32.2. The Morgan fingerprint density at radius 3 is 2.64 bits per heavy atom. The van der Waals surface area contributed by atoms with Crippen molar-refractivity contribution in [2.24, 2.45) is 0 Å². The van der Waals surface area contributed by atoms with E-state index in [1.54, 1.807) is 6.07 Å². The van der Waals surface area contributed by atoms with Crippen LogP contribution in [0.15, 0.2) is 35.6 Å². The Morgan fingerprint density at radius 1 is 1.18 bits per heavy atom. The summed E-state index contributed by atoms with van der Waals surface area (Å²) in [5, 5.41) is -0.487. The minimum atomic E-state index is -4.29. The molecule has 0 spiro atoms. The number of nitrogens with zero attached hydrogens (tertiary/aromatic N) is 2. The summed E-state index contributed by atoms with van der Waals surface area (Å²) in [6.07, 6.45) is 1.42. The number of methoxy groups -OCH3 is 2. The number of benzene rings is 1. The number of hydrogen-bond donors (Lipinski definition) is 1. The van der Waals surface area contributed by atoms with Crippen molar-refractivity contribution in [1.82, 2.24) is 15.0 Å². The number of ether oxygens (including phenoxy) is 3. The number of rotatable bonds is 8. The van der Waals surface area contributed by atoms with Crippen LogP contribution in [-0.2, 0) is 20.9 Å². The van der Waals surface area contributed by atoms with E-state index in [2.05, 4.69) is 19.7 Å². The van der Waals surface area contributed by atoms with Crippen LogP contribution in [0, 0.1) is 0 Å². The van der Waals surface area contributed by atoms with Crippen molar-refractivity contribution >= 4 is 21.2 Å². The van der Waals surface area contributed by atoms with Gasteiger partial charge in [0, 0.05) is 18.3 Å². The van der Waals surface area contributed by atoms with Gasteiger partial charge in [-0.1, -0.05) is 0 Å². The normalized spacial score (nSPS) is 11.8. The molecule has 0 aliphatic heterocycles. The Hall–Kier alpha value is -2.99. The largest absolute Gasteiger partial charge is 0.493 e. The van der Waals surface area contributed by atoms with E-state index < -0.39 is 28.5 Å². The molecule has 0 aliphatic carbocycles. The van der Waals surface area contributed by atoms with Gasteiger partial charge in [-0.25, -0.2) is 4.98 Å². The maximum absolute atomic E-state index is 12.4. The lowest BCUT2D eigenvalue weighted by molar-refractivity contribution is -0.0497. The van der Waals surface area contributed by atoms with Gasteiger partial charge in [-0.3, -0.25) is 9.17 Å². The second kappa shape index (κ2) is 7.94. The number of alkyl halides is 2. The molecule has 9 nitrogen and oxygen atoms in total. The molecule has 0 amide bonds. The lowest BCUT2D eigenvalue weighted by atomic mass is 10.3. The SMILES string of the molecule is COc1ccnc(COS(=O)(=O)c2nc3cc(OC(F)F)ccc3[nH]2)c1OC. The van der Waals surface area contributed by atoms with Crippen molar-refractivity contribution in [2.75, 3.05) is 14.2 Å². The van der Waals surface area contributed by atoms with Gasteiger partial charge in [-0.05, 0) is 12.1 Å². The Labute approximate surface area is 158 Å². The fraction of sp³-hybridized carbons (Fsp3) is 0.250. The lowest BCUT2D eigenvalue weighted by Gasteiger charge is -2.11. The second-order valence-electron chi connectivity index (χ2n) is 5.31. The highest BCUT2D eigenvalue weighted by Gasteiger charge is 2.23. The van der Waals surface area contributed by atoms with Crippen molar-refractivity contribution in [1.29, 1.82) is 0 Å². The van der Waals surface area contributed by atoms with Crippen LogP contribution in [0.2, 0.25) is 0 Å². The fourth-order valence-electron chi connectivity index (χ4n) is 2.40. The summed E-state index contributed by atoms with van der Waals surface area (Å²) in [4.78, 5) is 10.5. The molecule has 3 rings (SSSR count). The minimum absolute atomic E-state index is 0.123. The average Bonchev–Trinajstić information content (AvgIpc) is 3.09. The maximum atomic E-state index is 12.4. The van der Waals surface area contributed by atoms with Gasteiger partial charge in [-0.2, -0.15) is 17.2 Å². The third kappa shape index (κ3) is 4.12. The number of aromatic amines is 1. The lowest BCUT2D eigenvalue weighted by Crippen LogP contribution is -2.10. The predicted molar refractivity (Wildman–Crippen MR) is 92.0 cm³/mol. The average molecular weight is 415 g/mol. The van der Waals surface area contributed by atoms with Crippen molar-refractivity contribution in [3.63, 3.8) is 0 Å². The molecule has 0 atom stereocenters. The summed E-state index contributed by atoms with van der Waals surface area (Å²) in [5.74, 6) is 0.451. The zero-order valence-corrected chi connectivity index (χ0v) is 15.5. The molecule has 0 bridgehead atoms.